The Labute approximate surface area is 231 Å². The molecule has 0 unspecified atom stereocenters. The van der Waals surface area contributed by atoms with Crippen LogP contribution in [0.15, 0.2) is 145 Å². The van der Waals surface area contributed by atoms with Crippen LogP contribution >= 0.6 is 0 Å². The normalized spacial score (nSPS) is 14.3. The van der Waals surface area contributed by atoms with Gasteiger partial charge in [-0.05, 0) is 82.2 Å². The van der Waals surface area contributed by atoms with Gasteiger partial charge in [-0.3, -0.25) is 0 Å². The molecule has 0 aliphatic rings. The fraction of sp³-hybridized carbons (Fsp3) is 0. The number of fused-ring (bicyclic) bond motifs is 6. The summed E-state index contributed by atoms with van der Waals surface area (Å²) in [6, 6.07) is 32.2. The van der Waals surface area contributed by atoms with Gasteiger partial charge in [-0.15, -0.1) is 0 Å². The Morgan fingerprint density at radius 2 is 0.842 bits per heavy atom. The molecule has 0 bridgehead atoms. The molecule has 0 heteroatoms. The molecule has 38 heavy (non-hydrogen) atoms. The van der Waals surface area contributed by atoms with Gasteiger partial charge in [0, 0.05) is 0 Å². The standard InChI is InChI=1S/C38H24/c1-3-15-27-25(12-1)14-11-23-31(27)37-32-19-7-9-21-34(32)38(35-22-10-8-20-33(35)37)36-24-26-13-2-4-16-28(26)29-17-5-6-18-30(29)36/h1-24H/i1D,3D,11D,12D,14D,15D,23D. The minimum atomic E-state index is -0.461. The molecule has 0 N–H and O–H groups in total. The van der Waals surface area contributed by atoms with E-state index in [0.717, 1.165) is 48.8 Å². The molecule has 0 radical (unpaired) electrons. The molecule has 0 atom stereocenters. The van der Waals surface area contributed by atoms with Crippen molar-refractivity contribution in [3.8, 4) is 22.3 Å². The molecule has 8 aromatic rings. The van der Waals surface area contributed by atoms with Crippen LogP contribution in [-0.2, 0) is 0 Å². The lowest BCUT2D eigenvalue weighted by Crippen LogP contribution is -1.92. The van der Waals surface area contributed by atoms with Crippen molar-refractivity contribution in [1.82, 2.24) is 0 Å². The molecule has 0 spiro atoms. The van der Waals surface area contributed by atoms with E-state index in [-0.39, 0.29) is 46.5 Å². The molecule has 0 saturated carbocycles. The summed E-state index contributed by atoms with van der Waals surface area (Å²) >= 11 is 0. The van der Waals surface area contributed by atoms with Crippen molar-refractivity contribution in [2.75, 3.05) is 0 Å². The van der Waals surface area contributed by atoms with Gasteiger partial charge < -0.3 is 0 Å². The Kier molecular flexibility index (Phi) is 3.35. The molecule has 0 aliphatic heterocycles. The first kappa shape index (κ1) is 15.3. The highest BCUT2D eigenvalue weighted by Gasteiger charge is 2.19. The summed E-state index contributed by atoms with van der Waals surface area (Å²) in [5.41, 5.74) is 2.93. The fourth-order valence-electron chi connectivity index (χ4n) is 5.95. The largest absolute Gasteiger partial charge is 0.0629 e. The summed E-state index contributed by atoms with van der Waals surface area (Å²) in [5.74, 6) is 0. The zero-order valence-electron chi connectivity index (χ0n) is 27.3. The van der Waals surface area contributed by atoms with E-state index in [9.17, 15) is 0 Å². The van der Waals surface area contributed by atoms with Gasteiger partial charge in [0.25, 0.3) is 0 Å². The molecular formula is C38H24. The monoisotopic (exact) mass is 487 g/mol. The summed E-state index contributed by atoms with van der Waals surface area (Å²) in [7, 11) is 0. The molecule has 0 nitrogen and oxygen atoms in total. The second-order valence-corrected chi connectivity index (χ2v) is 9.53. The number of benzene rings is 8. The summed E-state index contributed by atoms with van der Waals surface area (Å²) in [4.78, 5) is 0. The quantitative estimate of drug-likeness (QED) is 0.168. The minimum Gasteiger partial charge on any atom is -0.0616 e. The molecule has 0 saturated heterocycles. The van der Waals surface area contributed by atoms with Crippen LogP contribution in [0, 0.1) is 0 Å². The zero-order chi connectivity index (χ0) is 31.1. The van der Waals surface area contributed by atoms with Crippen molar-refractivity contribution in [3.05, 3.63) is 145 Å². The molecule has 0 amide bonds. The summed E-state index contributed by atoms with van der Waals surface area (Å²) in [6.45, 7) is 0. The van der Waals surface area contributed by atoms with Crippen LogP contribution in [0.5, 0.6) is 0 Å². The van der Waals surface area contributed by atoms with E-state index in [2.05, 4.69) is 36.4 Å². The van der Waals surface area contributed by atoms with Crippen LogP contribution < -0.4 is 0 Å². The SMILES string of the molecule is [2H]c1c([2H])c([2H])c2c(-c3c4ccccc4c(-c4cc5ccccc5c5ccccc45)c4ccccc34)c([2H])c([2H])c([2H])c2c1[2H]. The van der Waals surface area contributed by atoms with Gasteiger partial charge in [-0.1, -0.05) is 139 Å². The van der Waals surface area contributed by atoms with E-state index in [4.69, 9.17) is 9.60 Å². The maximum Gasteiger partial charge on any atom is 0.0629 e. The molecule has 0 heterocycles. The Bertz CT molecular complexity index is 2500. The van der Waals surface area contributed by atoms with Crippen LogP contribution in [0.2, 0.25) is 0 Å². The third-order valence-electron chi connectivity index (χ3n) is 7.53. The number of hydrogen-bond donors (Lipinski definition) is 0. The van der Waals surface area contributed by atoms with E-state index in [1.165, 1.54) is 5.39 Å². The van der Waals surface area contributed by atoms with Crippen LogP contribution in [0.1, 0.15) is 9.60 Å². The Hall–Kier alpha value is -4.94. The smallest absolute Gasteiger partial charge is 0.0616 e. The summed E-state index contributed by atoms with van der Waals surface area (Å²) in [6.07, 6.45) is 0. The van der Waals surface area contributed by atoms with Crippen LogP contribution in [0.3, 0.4) is 0 Å². The summed E-state index contributed by atoms with van der Waals surface area (Å²) < 4.78 is 60.9. The first-order valence-electron chi connectivity index (χ1n) is 16.1. The van der Waals surface area contributed by atoms with Gasteiger partial charge in [0.1, 0.15) is 0 Å². The van der Waals surface area contributed by atoms with E-state index < -0.39 is 12.1 Å². The van der Waals surface area contributed by atoms with Crippen molar-refractivity contribution in [2.24, 2.45) is 0 Å². The highest BCUT2D eigenvalue weighted by atomic mass is 14.2. The lowest BCUT2D eigenvalue weighted by Gasteiger charge is -2.20. The van der Waals surface area contributed by atoms with E-state index in [1.54, 1.807) is 0 Å². The van der Waals surface area contributed by atoms with Gasteiger partial charge in [0.05, 0.1) is 9.60 Å². The maximum atomic E-state index is 9.15. The van der Waals surface area contributed by atoms with Crippen molar-refractivity contribution < 1.29 is 9.60 Å². The predicted molar refractivity (Wildman–Crippen MR) is 165 cm³/mol. The number of rotatable bonds is 2. The van der Waals surface area contributed by atoms with Gasteiger partial charge in [-0.25, -0.2) is 0 Å². The average Bonchev–Trinajstić information content (AvgIpc) is 3.07. The summed E-state index contributed by atoms with van der Waals surface area (Å²) in [5, 5.41) is 7.99. The van der Waals surface area contributed by atoms with Gasteiger partial charge >= 0.3 is 0 Å². The molecule has 0 aromatic heterocycles. The fourth-order valence-corrected chi connectivity index (χ4v) is 5.95. The second kappa shape index (κ2) is 8.30. The molecule has 8 rings (SSSR count). The first-order chi connectivity index (χ1) is 21.8. The molecule has 0 aliphatic carbocycles. The third-order valence-corrected chi connectivity index (χ3v) is 7.53. The molecule has 0 fully saturated rings. The first-order valence-corrected chi connectivity index (χ1v) is 12.6. The minimum absolute atomic E-state index is 0.0465. The van der Waals surface area contributed by atoms with Gasteiger partial charge in [0.2, 0.25) is 0 Å². The third kappa shape index (κ3) is 3.04. The highest BCUT2D eigenvalue weighted by molar-refractivity contribution is 6.26. The average molecular weight is 488 g/mol. The van der Waals surface area contributed by atoms with Gasteiger partial charge in [0.15, 0.2) is 0 Å². The Morgan fingerprint density at radius 3 is 1.53 bits per heavy atom. The second-order valence-electron chi connectivity index (χ2n) is 9.53. The van der Waals surface area contributed by atoms with E-state index >= 15 is 0 Å². The van der Waals surface area contributed by atoms with Crippen molar-refractivity contribution in [3.63, 3.8) is 0 Å². The van der Waals surface area contributed by atoms with E-state index in [1.807, 2.05) is 66.7 Å². The van der Waals surface area contributed by atoms with Crippen LogP contribution in [-0.4, -0.2) is 0 Å². The highest BCUT2D eigenvalue weighted by Crippen LogP contribution is 2.47. The van der Waals surface area contributed by atoms with Crippen molar-refractivity contribution >= 4 is 53.9 Å². The van der Waals surface area contributed by atoms with Crippen LogP contribution in [0.25, 0.3) is 76.1 Å². The zero-order valence-corrected chi connectivity index (χ0v) is 20.3. The van der Waals surface area contributed by atoms with Crippen molar-refractivity contribution in [1.29, 1.82) is 0 Å². The lowest BCUT2D eigenvalue weighted by atomic mass is 9.83. The van der Waals surface area contributed by atoms with Crippen molar-refractivity contribution in [2.45, 2.75) is 0 Å². The van der Waals surface area contributed by atoms with Gasteiger partial charge in [-0.2, -0.15) is 0 Å². The Morgan fingerprint density at radius 1 is 0.342 bits per heavy atom. The van der Waals surface area contributed by atoms with E-state index in [0.29, 0.717) is 5.56 Å². The maximum absolute atomic E-state index is 9.15. The van der Waals surface area contributed by atoms with Crippen LogP contribution in [0.4, 0.5) is 0 Å². The predicted octanol–water partition coefficient (Wildman–Crippen LogP) is 10.8. The molecule has 176 valence electrons. The molecular weight excluding hydrogens is 456 g/mol. The molecule has 8 aromatic carbocycles. The number of hydrogen-bond acceptors (Lipinski definition) is 0. The topological polar surface area (TPSA) is 0 Å². The lowest BCUT2D eigenvalue weighted by molar-refractivity contribution is 1.69. The Balaban J connectivity index is 1.63.